The van der Waals surface area contributed by atoms with E-state index in [1.165, 1.54) is 0 Å². The van der Waals surface area contributed by atoms with Crippen molar-refractivity contribution >= 4 is 0 Å². The van der Waals surface area contributed by atoms with Crippen LogP contribution in [0.3, 0.4) is 0 Å². The molecule has 0 aliphatic rings. The molecule has 72 valence electrons. The van der Waals surface area contributed by atoms with Gasteiger partial charge in [-0.25, -0.2) is 0 Å². The van der Waals surface area contributed by atoms with Crippen molar-refractivity contribution in [2.45, 2.75) is 46.1 Å². The van der Waals surface area contributed by atoms with Gasteiger partial charge in [0.2, 0.25) is 0 Å². The zero-order valence-corrected chi connectivity index (χ0v) is 8.59. The molecule has 0 heterocycles. The molecule has 0 rings (SSSR count). The van der Waals surface area contributed by atoms with Gasteiger partial charge in [-0.2, -0.15) is 0 Å². The number of hydrogen-bond acceptors (Lipinski definition) is 1. The van der Waals surface area contributed by atoms with Gasteiger partial charge in [-0.15, -0.1) is 6.58 Å². The minimum Gasteiger partial charge on any atom is -0.393 e. The third kappa shape index (κ3) is 4.55. The summed E-state index contributed by atoms with van der Waals surface area (Å²) in [5.41, 5.74) is 0. The largest absolute Gasteiger partial charge is 0.393 e. The number of allylic oxidation sites excluding steroid dienone is 1. The van der Waals surface area contributed by atoms with Crippen molar-refractivity contribution in [2.75, 3.05) is 0 Å². The molecule has 0 spiro atoms. The number of rotatable bonds is 6. The zero-order chi connectivity index (χ0) is 9.56. The van der Waals surface area contributed by atoms with Crippen molar-refractivity contribution in [1.82, 2.24) is 0 Å². The van der Waals surface area contributed by atoms with Crippen LogP contribution in [-0.2, 0) is 0 Å². The summed E-state index contributed by atoms with van der Waals surface area (Å²) in [7, 11) is 0. The Morgan fingerprint density at radius 2 is 1.92 bits per heavy atom. The molecule has 1 nitrogen and oxygen atoms in total. The highest BCUT2D eigenvalue weighted by molar-refractivity contribution is 4.71. The molecule has 1 heteroatoms. The fraction of sp³-hybridized carbons (Fsp3) is 0.818. The van der Waals surface area contributed by atoms with Gasteiger partial charge in [-0.1, -0.05) is 26.8 Å². The molecule has 0 amide bonds. The van der Waals surface area contributed by atoms with Crippen molar-refractivity contribution in [2.24, 2.45) is 11.8 Å². The van der Waals surface area contributed by atoms with Gasteiger partial charge in [-0.3, -0.25) is 0 Å². The second-order valence-electron chi connectivity index (χ2n) is 3.89. The van der Waals surface area contributed by atoms with E-state index in [-0.39, 0.29) is 6.10 Å². The zero-order valence-electron chi connectivity index (χ0n) is 8.59. The second kappa shape index (κ2) is 6.24. The molecule has 0 fully saturated rings. The van der Waals surface area contributed by atoms with Crippen molar-refractivity contribution in [3.8, 4) is 0 Å². The number of aliphatic hydroxyl groups is 1. The van der Waals surface area contributed by atoms with E-state index in [1.807, 2.05) is 6.08 Å². The molecule has 12 heavy (non-hydrogen) atoms. The molecular formula is C11H22O. The summed E-state index contributed by atoms with van der Waals surface area (Å²) in [6, 6.07) is 0. The summed E-state index contributed by atoms with van der Waals surface area (Å²) in [5.74, 6) is 0.985. The first-order valence-electron chi connectivity index (χ1n) is 4.88. The van der Waals surface area contributed by atoms with Gasteiger partial charge in [0.25, 0.3) is 0 Å². The Kier molecular flexibility index (Phi) is 6.09. The first kappa shape index (κ1) is 11.7. The maximum Gasteiger partial charge on any atom is 0.0568 e. The predicted octanol–water partition coefficient (Wildman–Crippen LogP) is 3.00. The fourth-order valence-corrected chi connectivity index (χ4v) is 1.18. The van der Waals surface area contributed by atoms with E-state index < -0.39 is 0 Å². The van der Waals surface area contributed by atoms with Crippen LogP contribution in [0.25, 0.3) is 0 Å². The lowest BCUT2D eigenvalue weighted by molar-refractivity contribution is 0.0823. The van der Waals surface area contributed by atoms with Crippen molar-refractivity contribution in [1.29, 1.82) is 0 Å². The molecule has 2 unspecified atom stereocenters. The van der Waals surface area contributed by atoms with Crippen molar-refractivity contribution < 1.29 is 5.11 Å². The van der Waals surface area contributed by atoms with Crippen LogP contribution >= 0.6 is 0 Å². The molecule has 2 atom stereocenters. The third-order valence-electron chi connectivity index (χ3n) is 2.57. The molecule has 0 aliphatic carbocycles. The van der Waals surface area contributed by atoms with Gasteiger partial charge in [-0.05, 0) is 31.1 Å². The lowest BCUT2D eigenvalue weighted by Gasteiger charge is -2.21. The average Bonchev–Trinajstić information content (AvgIpc) is 2.03. The van der Waals surface area contributed by atoms with Gasteiger partial charge < -0.3 is 5.11 Å². The Balaban J connectivity index is 3.56. The first-order valence-corrected chi connectivity index (χ1v) is 4.88. The van der Waals surface area contributed by atoms with Crippen LogP contribution in [0, 0.1) is 11.8 Å². The SMILES string of the molecule is C=CCCCC(O)C(C)C(C)C. The molecule has 0 radical (unpaired) electrons. The predicted molar refractivity (Wildman–Crippen MR) is 54.1 cm³/mol. The molecule has 0 bridgehead atoms. The number of unbranched alkanes of at least 4 members (excludes halogenated alkanes) is 1. The normalized spacial score (nSPS) is 16.1. The third-order valence-corrected chi connectivity index (χ3v) is 2.57. The van der Waals surface area contributed by atoms with Crippen LogP contribution in [-0.4, -0.2) is 11.2 Å². The van der Waals surface area contributed by atoms with Crippen molar-refractivity contribution in [3.05, 3.63) is 12.7 Å². The van der Waals surface area contributed by atoms with Crippen LogP contribution in [0.5, 0.6) is 0 Å². The summed E-state index contributed by atoms with van der Waals surface area (Å²) in [5, 5.41) is 9.68. The Bertz CT molecular complexity index is 118. The molecule has 0 saturated heterocycles. The Labute approximate surface area is 76.5 Å². The van der Waals surface area contributed by atoms with E-state index in [0.29, 0.717) is 11.8 Å². The summed E-state index contributed by atoms with van der Waals surface area (Å²) < 4.78 is 0. The second-order valence-corrected chi connectivity index (χ2v) is 3.89. The van der Waals surface area contributed by atoms with Gasteiger partial charge in [0.05, 0.1) is 6.10 Å². The van der Waals surface area contributed by atoms with Gasteiger partial charge >= 0.3 is 0 Å². The molecular weight excluding hydrogens is 148 g/mol. The minimum absolute atomic E-state index is 0.134. The van der Waals surface area contributed by atoms with E-state index in [0.717, 1.165) is 19.3 Å². The standard InChI is InChI=1S/C11H22O/c1-5-6-7-8-11(12)10(4)9(2)3/h5,9-12H,1,6-8H2,2-4H3. The smallest absolute Gasteiger partial charge is 0.0568 e. The highest BCUT2D eigenvalue weighted by Crippen LogP contribution is 2.18. The Morgan fingerprint density at radius 1 is 1.33 bits per heavy atom. The highest BCUT2D eigenvalue weighted by atomic mass is 16.3. The summed E-state index contributed by atoms with van der Waals surface area (Å²) in [6.45, 7) is 10.1. The Morgan fingerprint density at radius 3 is 2.33 bits per heavy atom. The molecule has 0 aromatic rings. The topological polar surface area (TPSA) is 20.2 Å². The van der Waals surface area contributed by atoms with E-state index >= 15 is 0 Å². The van der Waals surface area contributed by atoms with Gasteiger partial charge in [0.1, 0.15) is 0 Å². The molecule has 0 saturated carbocycles. The quantitative estimate of drug-likeness (QED) is 0.480. The van der Waals surface area contributed by atoms with E-state index in [4.69, 9.17) is 0 Å². The van der Waals surface area contributed by atoms with Gasteiger partial charge in [0, 0.05) is 0 Å². The van der Waals surface area contributed by atoms with Crippen LogP contribution in [0.15, 0.2) is 12.7 Å². The van der Waals surface area contributed by atoms with Crippen LogP contribution in [0.2, 0.25) is 0 Å². The van der Waals surface area contributed by atoms with Crippen LogP contribution in [0.4, 0.5) is 0 Å². The van der Waals surface area contributed by atoms with Crippen LogP contribution in [0.1, 0.15) is 40.0 Å². The summed E-state index contributed by atoms with van der Waals surface area (Å²) in [4.78, 5) is 0. The maximum atomic E-state index is 9.68. The maximum absolute atomic E-state index is 9.68. The number of aliphatic hydroxyl groups excluding tert-OH is 1. The Hall–Kier alpha value is -0.300. The van der Waals surface area contributed by atoms with Gasteiger partial charge in [0.15, 0.2) is 0 Å². The van der Waals surface area contributed by atoms with E-state index in [9.17, 15) is 5.11 Å². The lowest BCUT2D eigenvalue weighted by atomic mass is 9.89. The average molecular weight is 170 g/mol. The van der Waals surface area contributed by atoms with Crippen molar-refractivity contribution in [3.63, 3.8) is 0 Å². The van der Waals surface area contributed by atoms with E-state index in [1.54, 1.807) is 0 Å². The van der Waals surface area contributed by atoms with E-state index in [2.05, 4.69) is 27.4 Å². The minimum atomic E-state index is -0.134. The summed E-state index contributed by atoms with van der Waals surface area (Å²) >= 11 is 0. The lowest BCUT2D eigenvalue weighted by Crippen LogP contribution is -2.22. The molecule has 1 N–H and O–H groups in total. The number of hydrogen-bond donors (Lipinski definition) is 1. The highest BCUT2D eigenvalue weighted by Gasteiger charge is 2.16. The monoisotopic (exact) mass is 170 g/mol. The first-order chi connectivity index (χ1) is 5.59. The van der Waals surface area contributed by atoms with Crippen LogP contribution < -0.4 is 0 Å². The summed E-state index contributed by atoms with van der Waals surface area (Å²) in [6.07, 6.45) is 4.76. The molecule has 0 aromatic heterocycles. The fourth-order valence-electron chi connectivity index (χ4n) is 1.18. The molecule has 0 aromatic carbocycles. The molecule has 0 aliphatic heterocycles.